The number of halogens is 1. The van der Waals surface area contributed by atoms with E-state index < -0.39 is 6.10 Å². The lowest BCUT2D eigenvalue weighted by molar-refractivity contribution is 0.151. The normalized spacial score (nSPS) is 23.1. The molecule has 98 valence electrons. The second-order valence-corrected chi connectivity index (χ2v) is 5.37. The van der Waals surface area contributed by atoms with E-state index in [9.17, 15) is 9.50 Å². The van der Waals surface area contributed by atoms with Gasteiger partial charge in [0.2, 0.25) is 0 Å². The van der Waals surface area contributed by atoms with E-state index in [0.29, 0.717) is 17.0 Å². The number of aliphatic hydroxyl groups is 1. The highest BCUT2D eigenvalue weighted by Crippen LogP contribution is 2.53. The van der Waals surface area contributed by atoms with E-state index in [-0.39, 0.29) is 11.7 Å². The van der Waals surface area contributed by atoms with Crippen LogP contribution in [0.25, 0.3) is 0 Å². The van der Waals surface area contributed by atoms with E-state index in [0.717, 1.165) is 6.42 Å². The van der Waals surface area contributed by atoms with Crippen molar-refractivity contribution < 1.29 is 9.50 Å². The van der Waals surface area contributed by atoms with Gasteiger partial charge in [0.25, 0.3) is 0 Å². The highest BCUT2D eigenvalue weighted by molar-refractivity contribution is 5.31. The lowest BCUT2D eigenvalue weighted by Gasteiger charge is -2.11. The Morgan fingerprint density at radius 1 is 1.16 bits per heavy atom. The number of rotatable bonds is 3. The smallest absolute Gasteiger partial charge is 0.126 e. The van der Waals surface area contributed by atoms with Gasteiger partial charge in [-0.25, -0.2) is 4.39 Å². The first-order valence-corrected chi connectivity index (χ1v) is 6.66. The van der Waals surface area contributed by atoms with Crippen LogP contribution in [-0.4, -0.2) is 5.11 Å². The van der Waals surface area contributed by atoms with E-state index in [1.54, 1.807) is 13.0 Å². The predicted molar refractivity (Wildman–Crippen MR) is 73.4 cm³/mol. The Morgan fingerprint density at radius 3 is 2.58 bits per heavy atom. The van der Waals surface area contributed by atoms with Crippen LogP contribution in [0.2, 0.25) is 0 Å². The molecule has 0 aromatic heterocycles. The molecule has 1 N–H and O–H groups in total. The second kappa shape index (κ2) is 4.78. The Balaban J connectivity index is 1.76. The summed E-state index contributed by atoms with van der Waals surface area (Å²) in [5.74, 6) is 0.374. The van der Waals surface area contributed by atoms with Crippen molar-refractivity contribution in [2.45, 2.75) is 25.4 Å². The summed E-state index contributed by atoms with van der Waals surface area (Å²) in [4.78, 5) is 0. The van der Waals surface area contributed by atoms with Crippen molar-refractivity contribution in [1.29, 1.82) is 0 Å². The zero-order chi connectivity index (χ0) is 13.4. The summed E-state index contributed by atoms with van der Waals surface area (Å²) >= 11 is 0. The summed E-state index contributed by atoms with van der Waals surface area (Å²) in [5.41, 5.74) is 2.57. The van der Waals surface area contributed by atoms with Crippen LogP contribution >= 0.6 is 0 Å². The number of aliphatic hydroxyl groups excluding tert-OH is 1. The largest absolute Gasteiger partial charge is 0.388 e. The van der Waals surface area contributed by atoms with E-state index in [4.69, 9.17) is 0 Å². The van der Waals surface area contributed by atoms with Crippen LogP contribution in [0.1, 0.15) is 35.1 Å². The second-order valence-electron chi connectivity index (χ2n) is 5.37. The van der Waals surface area contributed by atoms with Gasteiger partial charge >= 0.3 is 0 Å². The van der Waals surface area contributed by atoms with Crippen molar-refractivity contribution in [3.8, 4) is 0 Å². The number of hydrogen-bond donors (Lipinski definition) is 1. The third-order valence-electron chi connectivity index (χ3n) is 4.01. The average molecular weight is 256 g/mol. The molecular formula is C17H17FO. The van der Waals surface area contributed by atoms with Gasteiger partial charge in [0.1, 0.15) is 5.82 Å². The summed E-state index contributed by atoms with van der Waals surface area (Å²) in [5, 5.41) is 10.3. The van der Waals surface area contributed by atoms with Crippen molar-refractivity contribution in [3.05, 3.63) is 71.0 Å². The Labute approximate surface area is 112 Å². The molecule has 0 bridgehead atoms. The lowest BCUT2D eigenvalue weighted by Crippen LogP contribution is -2.02. The number of hydrogen-bond acceptors (Lipinski definition) is 1. The Kier molecular flexibility index (Phi) is 3.11. The van der Waals surface area contributed by atoms with Crippen LogP contribution in [0.15, 0.2) is 48.5 Å². The molecule has 0 saturated heterocycles. The quantitative estimate of drug-likeness (QED) is 0.881. The van der Waals surface area contributed by atoms with Gasteiger partial charge < -0.3 is 5.11 Å². The molecule has 19 heavy (non-hydrogen) atoms. The standard InChI is InChI=1S/C17H17FO/c1-11-7-8-13(9-16(11)18)17(19)15-10-14(15)12-5-3-2-4-6-12/h2-9,14-15,17,19H,10H2,1H3. The molecule has 0 aliphatic heterocycles. The van der Waals surface area contributed by atoms with Gasteiger partial charge in [-0.15, -0.1) is 0 Å². The molecule has 2 aromatic carbocycles. The van der Waals surface area contributed by atoms with Crippen LogP contribution in [0.5, 0.6) is 0 Å². The van der Waals surface area contributed by atoms with Gasteiger partial charge in [0.15, 0.2) is 0 Å². The maximum atomic E-state index is 13.5. The van der Waals surface area contributed by atoms with Crippen LogP contribution in [0.4, 0.5) is 4.39 Å². The third kappa shape index (κ3) is 2.41. The molecule has 0 heterocycles. The summed E-state index contributed by atoms with van der Waals surface area (Å²) < 4.78 is 13.5. The first-order chi connectivity index (χ1) is 9.16. The zero-order valence-electron chi connectivity index (χ0n) is 10.9. The van der Waals surface area contributed by atoms with Gasteiger partial charge in [0, 0.05) is 0 Å². The van der Waals surface area contributed by atoms with Crippen LogP contribution in [0.3, 0.4) is 0 Å². The molecule has 0 spiro atoms. The van der Waals surface area contributed by atoms with Crippen molar-refractivity contribution in [3.63, 3.8) is 0 Å². The van der Waals surface area contributed by atoms with Gasteiger partial charge in [-0.05, 0) is 47.9 Å². The average Bonchev–Trinajstić information content (AvgIpc) is 3.22. The first kappa shape index (κ1) is 12.4. The third-order valence-corrected chi connectivity index (χ3v) is 4.01. The molecular weight excluding hydrogens is 239 g/mol. The molecule has 2 heteroatoms. The minimum absolute atomic E-state index is 0.213. The minimum Gasteiger partial charge on any atom is -0.388 e. The van der Waals surface area contributed by atoms with Crippen molar-refractivity contribution in [2.24, 2.45) is 5.92 Å². The predicted octanol–water partition coefficient (Wildman–Crippen LogP) is 3.97. The molecule has 1 fully saturated rings. The van der Waals surface area contributed by atoms with Gasteiger partial charge in [-0.3, -0.25) is 0 Å². The lowest BCUT2D eigenvalue weighted by atomic mass is 10.0. The van der Waals surface area contributed by atoms with Crippen LogP contribution < -0.4 is 0 Å². The molecule has 1 nitrogen and oxygen atoms in total. The van der Waals surface area contributed by atoms with E-state index in [1.807, 2.05) is 24.3 Å². The zero-order valence-corrected chi connectivity index (χ0v) is 10.9. The van der Waals surface area contributed by atoms with Gasteiger partial charge in [-0.2, -0.15) is 0 Å². The summed E-state index contributed by atoms with van der Waals surface area (Å²) in [6, 6.07) is 15.2. The first-order valence-electron chi connectivity index (χ1n) is 6.66. The van der Waals surface area contributed by atoms with Gasteiger partial charge in [-0.1, -0.05) is 42.5 Å². The summed E-state index contributed by atoms with van der Waals surface area (Å²) in [6.07, 6.45) is 0.404. The minimum atomic E-state index is -0.569. The fraction of sp³-hybridized carbons (Fsp3) is 0.294. The Hall–Kier alpha value is -1.67. The fourth-order valence-electron chi connectivity index (χ4n) is 2.69. The maximum absolute atomic E-state index is 13.5. The fourth-order valence-corrected chi connectivity index (χ4v) is 2.69. The SMILES string of the molecule is Cc1ccc(C(O)C2CC2c2ccccc2)cc1F. The van der Waals surface area contributed by atoms with E-state index in [2.05, 4.69) is 12.1 Å². The Bertz CT molecular complexity index is 579. The van der Waals surface area contributed by atoms with Gasteiger partial charge in [0.05, 0.1) is 6.10 Å². The van der Waals surface area contributed by atoms with E-state index >= 15 is 0 Å². The molecule has 3 atom stereocenters. The topological polar surface area (TPSA) is 20.2 Å². The maximum Gasteiger partial charge on any atom is 0.126 e. The highest BCUT2D eigenvalue weighted by atomic mass is 19.1. The summed E-state index contributed by atoms with van der Waals surface area (Å²) in [7, 11) is 0. The monoisotopic (exact) mass is 256 g/mol. The molecule has 3 rings (SSSR count). The molecule has 1 saturated carbocycles. The molecule has 1 aliphatic rings. The number of benzene rings is 2. The Morgan fingerprint density at radius 2 is 1.89 bits per heavy atom. The molecule has 1 aliphatic carbocycles. The molecule has 0 amide bonds. The molecule has 3 unspecified atom stereocenters. The van der Waals surface area contributed by atoms with Crippen LogP contribution in [-0.2, 0) is 0 Å². The summed E-state index contributed by atoms with van der Waals surface area (Å²) in [6.45, 7) is 1.73. The van der Waals surface area contributed by atoms with Crippen molar-refractivity contribution in [2.75, 3.05) is 0 Å². The highest BCUT2D eigenvalue weighted by Gasteiger charge is 2.43. The van der Waals surface area contributed by atoms with E-state index in [1.165, 1.54) is 11.6 Å². The van der Waals surface area contributed by atoms with Crippen molar-refractivity contribution in [1.82, 2.24) is 0 Å². The molecule has 0 radical (unpaired) electrons. The molecule has 2 aromatic rings. The van der Waals surface area contributed by atoms with Crippen LogP contribution in [0, 0.1) is 18.7 Å². The number of aryl methyl sites for hydroxylation is 1. The van der Waals surface area contributed by atoms with Crippen molar-refractivity contribution >= 4 is 0 Å².